The smallest absolute Gasteiger partial charge is 0.157 e. The van der Waals surface area contributed by atoms with Crippen molar-refractivity contribution in [2.24, 2.45) is 0 Å². The Bertz CT molecular complexity index is 1690. The molecule has 0 unspecified atom stereocenters. The van der Waals surface area contributed by atoms with Gasteiger partial charge in [-0.3, -0.25) is 9.30 Å². The molecule has 0 amide bonds. The van der Waals surface area contributed by atoms with Crippen molar-refractivity contribution in [3.8, 4) is 6.07 Å². The topological polar surface area (TPSA) is 47.6 Å². The van der Waals surface area contributed by atoms with E-state index in [-0.39, 0.29) is 6.04 Å². The first-order valence-electron chi connectivity index (χ1n) is 13.4. The standard InChI is InChI=1S/C32H28ClN5/c33-27-14-5-4-11-25(27)30(22-9-2-1-3-10-22)36-17-19-37(20-18-36)32-24-13-8-12-23(24)26(21-34)31-35-28-15-6-7-16-29(28)38(31)32/h1-7,9-11,14-16,30H,8,12-13,17-20H2/t30-/m0/s1. The Hall–Kier alpha value is -3.85. The predicted molar refractivity (Wildman–Crippen MR) is 153 cm³/mol. The van der Waals surface area contributed by atoms with Gasteiger partial charge in [-0.05, 0) is 59.7 Å². The Morgan fingerprint density at radius 2 is 1.53 bits per heavy atom. The molecule has 0 bridgehead atoms. The number of imidazole rings is 1. The minimum Gasteiger partial charge on any atom is -0.355 e. The summed E-state index contributed by atoms with van der Waals surface area (Å²) in [6.45, 7) is 3.61. The molecule has 3 aromatic carbocycles. The second-order valence-corrected chi connectivity index (χ2v) is 10.6. The number of pyridine rings is 1. The Morgan fingerprint density at radius 3 is 2.32 bits per heavy atom. The Balaban J connectivity index is 1.30. The first-order valence-corrected chi connectivity index (χ1v) is 13.8. The van der Waals surface area contributed by atoms with Crippen molar-refractivity contribution in [1.29, 1.82) is 5.26 Å². The molecular formula is C32H28ClN5. The maximum atomic E-state index is 10.1. The molecule has 2 aliphatic rings. The third-order valence-corrected chi connectivity index (χ3v) is 8.54. The summed E-state index contributed by atoms with van der Waals surface area (Å²) in [7, 11) is 0. The van der Waals surface area contributed by atoms with E-state index in [1.54, 1.807) is 0 Å². The van der Waals surface area contributed by atoms with Crippen LogP contribution >= 0.6 is 11.6 Å². The molecule has 7 rings (SSSR count). The zero-order valence-electron chi connectivity index (χ0n) is 21.1. The highest BCUT2D eigenvalue weighted by Crippen LogP contribution is 2.40. The van der Waals surface area contributed by atoms with Crippen LogP contribution in [0.4, 0.5) is 5.82 Å². The highest BCUT2D eigenvalue weighted by molar-refractivity contribution is 6.31. The normalized spacial score (nSPS) is 16.6. The summed E-state index contributed by atoms with van der Waals surface area (Å²) >= 11 is 6.74. The Kier molecular flexibility index (Phi) is 5.80. The number of nitrogens with zero attached hydrogens (tertiary/aromatic N) is 5. The van der Waals surface area contributed by atoms with Crippen LogP contribution in [-0.2, 0) is 12.8 Å². The van der Waals surface area contributed by atoms with E-state index in [1.165, 1.54) is 22.5 Å². The molecule has 5 nitrogen and oxygen atoms in total. The third-order valence-electron chi connectivity index (χ3n) is 8.19. The van der Waals surface area contributed by atoms with Gasteiger partial charge in [0.15, 0.2) is 5.65 Å². The maximum absolute atomic E-state index is 10.1. The molecule has 1 fully saturated rings. The quantitative estimate of drug-likeness (QED) is 0.276. The number of halogens is 1. The number of para-hydroxylation sites is 2. The van der Waals surface area contributed by atoms with Gasteiger partial charge in [0.05, 0.1) is 22.6 Å². The van der Waals surface area contributed by atoms with Gasteiger partial charge in [0.1, 0.15) is 11.9 Å². The summed E-state index contributed by atoms with van der Waals surface area (Å²) in [6.07, 6.45) is 3.05. The van der Waals surface area contributed by atoms with E-state index in [2.05, 4.69) is 74.9 Å². The summed E-state index contributed by atoms with van der Waals surface area (Å²) in [5.41, 5.74) is 8.50. The van der Waals surface area contributed by atoms with Gasteiger partial charge in [0.2, 0.25) is 0 Å². The lowest BCUT2D eigenvalue weighted by Gasteiger charge is -2.41. The molecule has 1 atom stereocenters. The molecule has 5 aromatic rings. The van der Waals surface area contributed by atoms with Gasteiger partial charge in [0, 0.05) is 31.2 Å². The fraction of sp³-hybridized carbons (Fsp3) is 0.250. The molecule has 0 saturated carbocycles. The lowest BCUT2D eigenvalue weighted by molar-refractivity contribution is 0.212. The second-order valence-electron chi connectivity index (χ2n) is 10.2. The van der Waals surface area contributed by atoms with Gasteiger partial charge < -0.3 is 4.90 Å². The number of fused-ring (bicyclic) bond motifs is 4. The van der Waals surface area contributed by atoms with E-state index in [9.17, 15) is 5.26 Å². The van der Waals surface area contributed by atoms with Crippen molar-refractivity contribution in [1.82, 2.24) is 14.3 Å². The summed E-state index contributed by atoms with van der Waals surface area (Å²) in [5, 5.41) is 10.9. The highest BCUT2D eigenvalue weighted by atomic mass is 35.5. The zero-order chi connectivity index (χ0) is 25.6. The fourth-order valence-corrected chi connectivity index (χ4v) is 6.74. The van der Waals surface area contributed by atoms with Gasteiger partial charge in [-0.2, -0.15) is 5.26 Å². The van der Waals surface area contributed by atoms with E-state index < -0.39 is 0 Å². The first kappa shape index (κ1) is 23.3. The summed E-state index contributed by atoms with van der Waals surface area (Å²) in [4.78, 5) is 10.0. The molecule has 0 N–H and O–H groups in total. The number of hydrogen-bond acceptors (Lipinski definition) is 4. The van der Waals surface area contributed by atoms with Gasteiger partial charge in [-0.1, -0.05) is 72.3 Å². The third kappa shape index (κ3) is 3.67. The average Bonchev–Trinajstić information content (AvgIpc) is 3.59. The Labute approximate surface area is 227 Å². The molecule has 188 valence electrons. The van der Waals surface area contributed by atoms with E-state index in [0.29, 0.717) is 0 Å². The van der Waals surface area contributed by atoms with Crippen molar-refractivity contribution in [2.75, 3.05) is 31.1 Å². The van der Waals surface area contributed by atoms with Crippen molar-refractivity contribution in [3.05, 3.63) is 112 Å². The molecule has 6 heteroatoms. The largest absolute Gasteiger partial charge is 0.355 e. The minimum atomic E-state index is 0.104. The molecule has 1 saturated heterocycles. The molecule has 3 heterocycles. The molecule has 0 radical (unpaired) electrons. The van der Waals surface area contributed by atoms with Crippen LogP contribution in [0.5, 0.6) is 0 Å². The number of hydrogen-bond donors (Lipinski definition) is 0. The second kappa shape index (κ2) is 9.47. The van der Waals surface area contributed by atoms with Crippen LogP contribution in [0.1, 0.15) is 40.3 Å². The van der Waals surface area contributed by atoms with Crippen LogP contribution in [0, 0.1) is 11.3 Å². The Morgan fingerprint density at radius 1 is 0.816 bits per heavy atom. The molecule has 1 aliphatic carbocycles. The number of aromatic nitrogens is 2. The van der Waals surface area contributed by atoms with Crippen molar-refractivity contribution in [2.45, 2.75) is 25.3 Å². The number of nitriles is 1. The zero-order valence-corrected chi connectivity index (χ0v) is 21.9. The van der Waals surface area contributed by atoms with Crippen molar-refractivity contribution < 1.29 is 0 Å². The van der Waals surface area contributed by atoms with E-state index in [1.807, 2.05) is 24.3 Å². The number of benzene rings is 3. The van der Waals surface area contributed by atoms with Crippen LogP contribution in [0.15, 0.2) is 78.9 Å². The fourth-order valence-electron chi connectivity index (χ4n) is 6.51. The lowest BCUT2D eigenvalue weighted by Crippen LogP contribution is -2.48. The monoisotopic (exact) mass is 517 g/mol. The van der Waals surface area contributed by atoms with Crippen LogP contribution in [0.2, 0.25) is 5.02 Å². The van der Waals surface area contributed by atoms with Crippen LogP contribution in [0.25, 0.3) is 16.7 Å². The molecule has 2 aromatic heterocycles. The maximum Gasteiger partial charge on any atom is 0.157 e. The molecule has 1 aliphatic heterocycles. The summed E-state index contributed by atoms with van der Waals surface area (Å²) < 4.78 is 2.26. The van der Waals surface area contributed by atoms with Crippen LogP contribution in [0.3, 0.4) is 0 Å². The molecular weight excluding hydrogens is 490 g/mol. The average molecular weight is 518 g/mol. The van der Waals surface area contributed by atoms with Crippen LogP contribution < -0.4 is 4.90 Å². The molecule has 0 spiro atoms. The predicted octanol–water partition coefficient (Wildman–Crippen LogP) is 6.41. The van der Waals surface area contributed by atoms with Gasteiger partial charge in [-0.25, -0.2) is 4.98 Å². The van der Waals surface area contributed by atoms with E-state index in [4.69, 9.17) is 16.6 Å². The first-order chi connectivity index (χ1) is 18.7. The van der Waals surface area contributed by atoms with Crippen molar-refractivity contribution in [3.63, 3.8) is 0 Å². The number of anilines is 1. The molecule has 38 heavy (non-hydrogen) atoms. The van der Waals surface area contributed by atoms with Gasteiger partial charge in [0.25, 0.3) is 0 Å². The number of piperazine rings is 1. The van der Waals surface area contributed by atoms with Crippen molar-refractivity contribution >= 4 is 34.1 Å². The highest BCUT2D eigenvalue weighted by Gasteiger charge is 2.32. The van der Waals surface area contributed by atoms with Crippen LogP contribution in [-0.4, -0.2) is 40.5 Å². The SMILES string of the molecule is N#Cc1c2c(c(N3CCN([C@@H](c4ccccc4)c4ccccc4Cl)CC3)n3c1nc1ccccc13)CCC2. The van der Waals surface area contributed by atoms with E-state index in [0.717, 1.165) is 78.3 Å². The minimum absolute atomic E-state index is 0.104. The summed E-state index contributed by atoms with van der Waals surface area (Å²) in [5.74, 6) is 1.23. The van der Waals surface area contributed by atoms with E-state index >= 15 is 0 Å². The summed E-state index contributed by atoms with van der Waals surface area (Å²) in [6, 6.07) is 29.8. The van der Waals surface area contributed by atoms with Gasteiger partial charge >= 0.3 is 0 Å². The number of rotatable bonds is 4. The lowest BCUT2D eigenvalue weighted by atomic mass is 9.96. The van der Waals surface area contributed by atoms with Gasteiger partial charge in [-0.15, -0.1) is 0 Å².